The van der Waals surface area contributed by atoms with Gasteiger partial charge in [0.15, 0.2) is 6.29 Å². The average Bonchev–Trinajstić information content (AvgIpc) is 3.08. The number of hydrogen-bond acceptors (Lipinski definition) is 8. The standard InChI is InChI=1S/C40H49NO8/c1-6-47-36(42)15-14-34(39(44)48-7-2)41-38(43)29-10-8-28(9-11-29)31-13-12-30-19-35(49-24(3)45-4)33(20-32(30)37(31)46-5)40-21-25-16-26(22-40)18-27(17-25)23-40/h8-13,19-20,24-27,34H,6-7,14-18,21-23H2,1-5H3,(H,41,43)/t24?,25?,26?,27?,34-,40?/m0/s1. The Bertz CT molecular complexity index is 1650. The second-order valence-electron chi connectivity index (χ2n) is 14.0. The van der Waals surface area contributed by atoms with Crippen LogP contribution in [0.25, 0.3) is 21.9 Å². The van der Waals surface area contributed by atoms with Crippen molar-refractivity contribution in [1.29, 1.82) is 0 Å². The quantitative estimate of drug-likeness (QED) is 0.140. The minimum Gasteiger partial charge on any atom is -0.495 e. The maximum absolute atomic E-state index is 13.2. The van der Waals surface area contributed by atoms with E-state index in [-0.39, 0.29) is 37.8 Å². The van der Waals surface area contributed by atoms with Crippen LogP contribution in [0.2, 0.25) is 0 Å². The summed E-state index contributed by atoms with van der Waals surface area (Å²) in [4.78, 5) is 37.7. The first-order valence-electron chi connectivity index (χ1n) is 17.7. The number of amides is 1. The number of benzene rings is 3. The van der Waals surface area contributed by atoms with Crippen LogP contribution in [-0.4, -0.2) is 57.6 Å². The molecule has 0 heterocycles. The van der Waals surface area contributed by atoms with Crippen LogP contribution in [0, 0.1) is 17.8 Å². The first-order valence-corrected chi connectivity index (χ1v) is 17.7. The van der Waals surface area contributed by atoms with E-state index in [1.54, 1.807) is 40.2 Å². The van der Waals surface area contributed by atoms with E-state index in [0.717, 1.165) is 51.2 Å². The molecule has 4 fully saturated rings. The Hall–Kier alpha value is -4.11. The van der Waals surface area contributed by atoms with Gasteiger partial charge in [0.25, 0.3) is 5.91 Å². The molecule has 4 saturated carbocycles. The predicted molar refractivity (Wildman–Crippen MR) is 187 cm³/mol. The van der Waals surface area contributed by atoms with Crippen LogP contribution in [0.3, 0.4) is 0 Å². The van der Waals surface area contributed by atoms with Gasteiger partial charge in [0.2, 0.25) is 0 Å². The van der Waals surface area contributed by atoms with Gasteiger partial charge in [-0.3, -0.25) is 9.59 Å². The van der Waals surface area contributed by atoms with Crippen molar-refractivity contribution >= 4 is 28.6 Å². The fourth-order valence-electron chi connectivity index (χ4n) is 8.98. The fourth-order valence-corrected chi connectivity index (χ4v) is 8.98. The van der Waals surface area contributed by atoms with Crippen LogP contribution >= 0.6 is 0 Å². The molecule has 3 aromatic rings. The predicted octanol–water partition coefficient (Wildman–Crippen LogP) is 7.36. The normalized spacial score (nSPS) is 23.5. The highest BCUT2D eigenvalue weighted by atomic mass is 16.7. The van der Waals surface area contributed by atoms with Gasteiger partial charge in [0, 0.05) is 35.6 Å². The number of fused-ring (bicyclic) bond motifs is 1. The summed E-state index contributed by atoms with van der Waals surface area (Å²) in [5.74, 6) is 2.56. The van der Waals surface area contributed by atoms with Gasteiger partial charge >= 0.3 is 11.9 Å². The lowest BCUT2D eigenvalue weighted by molar-refractivity contribution is -0.146. The van der Waals surface area contributed by atoms with Gasteiger partial charge in [-0.05, 0) is 124 Å². The summed E-state index contributed by atoms with van der Waals surface area (Å²) < 4.78 is 28.3. The van der Waals surface area contributed by atoms with Gasteiger partial charge in [-0.15, -0.1) is 0 Å². The minimum atomic E-state index is -0.971. The summed E-state index contributed by atoms with van der Waals surface area (Å²) in [5.41, 5.74) is 3.55. The van der Waals surface area contributed by atoms with Crippen LogP contribution in [0.5, 0.6) is 11.5 Å². The average molecular weight is 672 g/mol. The zero-order chi connectivity index (χ0) is 34.7. The van der Waals surface area contributed by atoms with E-state index in [4.69, 9.17) is 23.7 Å². The number of nitrogens with one attached hydrogen (secondary N) is 1. The van der Waals surface area contributed by atoms with Gasteiger partial charge in [-0.25, -0.2) is 4.79 Å². The number of carbonyl (C=O) groups is 3. The molecule has 9 nitrogen and oxygen atoms in total. The highest BCUT2D eigenvalue weighted by Gasteiger charge is 2.52. The van der Waals surface area contributed by atoms with E-state index in [1.807, 2.05) is 25.1 Å². The minimum absolute atomic E-state index is 0.0120. The molecule has 262 valence electrons. The highest BCUT2D eigenvalue weighted by molar-refractivity contribution is 5.99. The molecule has 49 heavy (non-hydrogen) atoms. The lowest BCUT2D eigenvalue weighted by Gasteiger charge is -2.57. The van der Waals surface area contributed by atoms with E-state index >= 15 is 0 Å². The van der Waals surface area contributed by atoms with Crippen LogP contribution in [0.4, 0.5) is 0 Å². The monoisotopic (exact) mass is 671 g/mol. The maximum Gasteiger partial charge on any atom is 0.328 e. The van der Waals surface area contributed by atoms with Gasteiger partial charge in [0.1, 0.15) is 17.5 Å². The topological polar surface area (TPSA) is 109 Å². The van der Waals surface area contributed by atoms with E-state index in [0.29, 0.717) is 5.56 Å². The number of methoxy groups -OCH3 is 2. The first-order chi connectivity index (χ1) is 23.7. The van der Waals surface area contributed by atoms with Crippen molar-refractivity contribution in [3.8, 4) is 22.6 Å². The second kappa shape index (κ2) is 14.8. The van der Waals surface area contributed by atoms with Crippen molar-refractivity contribution in [3.05, 3.63) is 59.7 Å². The molecular weight excluding hydrogens is 622 g/mol. The molecule has 3 aromatic carbocycles. The van der Waals surface area contributed by atoms with Crippen LogP contribution in [-0.2, 0) is 29.2 Å². The summed E-state index contributed by atoms with van der Waals surface area (Å²) >= 11 is 0. The smallest absolute Gasteiger partial charge is 0.328 e. The molecule has 0 radical (unpaired) electrons. The lowest BCUT2D eigenvalue weighted by atomic mass is 9.48. The number of esters is 2. The van der Waals surface area contributed by atoms with Crippen molar-refractivity contribution < 1.29 is 38.1 Å². The van der Waals surface area contributed by atoms with E-state index in [1.165, 1.54) is 44.1 Å². The molecule has 7 rings (SSSR count). The van der Waals surface area contributed by atoms with Gasteiger partial charge in [-0.1, -0.05) is 24.3 Å². The SMILES string of the molecule is CCOC(=O)CC[C@H](NC(=O)c1ccc(-c2ccc3cc(OC(C)OC)c(C45CC6CC(CC(C6)C4)C5)cc3c2OC)cc1)C(=O)OCC. The summed E-state index contributed by atoms with van der Waals surface area (Å²) in [6.45, 7) is 5.76. The van der Waals surface area contributed by atoms with E-state index in [9.17, 15) is 14.4 Å². The maximum atomic E-state index is 13.2. The molecule has 0 aliphatic heterocycles. The molecule has 4 aliphatic rings. The van der Waals surface area contributed by atoms with E-state index in [2.05, 4.69) is 23.5 Å². The third-order valence-corrected chi connectivity index (χ3v) is 10.8. The molecule has 0 spiro atoms. The van der Waals surface area contributed by atoms with Gasteiger partial charge in [-0.2, -0.15) is 0 Å². The Balaban J connectivity index is 1.30. The molecule has 1 amide bonds. The van der Waals surface area contributed by atoms with Crippen LogP contribution in [0.1, 0.15) is 88.1 Å². The number of hydrogen-bond donors (Lipinski definition) is 1. The van der Waals surface area contributed by atoms with Crippen molar-refractivity contribution in [3.63, 3.8) is 0 Å². The van der Waals surface area contributed by atoms with Crippen molar-refractivity contribution in [2.24, 2.45) is 17.8 Å². The summed E-state index contributed by atoms with van der Waals surface area (Å²) in [5, 5.41) is 4.79. The summed E-state index contributed by atoms with van der Waals surface area (Å²) in [6, 6.07) is 14.9. The Morgan fingerprint density at radius 3 is 2.12 bits per heavy atom. The van der Waals surface area contributed by atoms with Crippen LogP contribution in [0.15, 0.2) is 48.5 Å². The fraction of sp³-hybridized carbons (Fsp3) is 0.525. The summed E-state index contributed by atoms with van der Waals surface area (Å²) in [6.07, 6.45) is 7.38. The number of carbonyl (C=O) groups excluding carboxylic acids is 3. The van der Waals surface area contributed by atoms with Gasteiger partial charge < -0.3 is 29.0 Å². The molecule has 2 atom stereocenters. The number of rotatable bonds is 14. The number of ether oxygens (including phenoxy) is 5. The lowest BCUT2D eigenvalue weighted by Crippen LogP contribution is -2.48. The molecule has 4 aliphatic carbocycles. The van der Waals surface area contributed by atoms with Gasteiger partial charge in [0.05, 0.1) is 20.3 Å². The highest BCUT2D eigenvalue weighted by Crippen LogP contribution is 2.62. The molecule has 9 heteroatoms. The Labute approximate surface area is 289 Å². The molecule has 1 N–H and O–H groups in total. The molecule has 4 bridgehead atoms. The molecule has 1 unspecified atom stereocenters. The van der Waals surface area contributed by atoms with Crippen LogP contribution < -0.4 is 14.8 Å². The van der Waals surface area contributed by atoms with Crippen molar-refractivity contribution in [1.82, 2.24) is 5.32 Å². The van der Waals surface area contributed by atoms with Crippen molar-refractivity contribution in [2.75, 3.05) is 27.4 Å². The first kappa shape index (κ1) is 34.7. The molecule has 0 saturated heterocycles. The molecule has 0 aromatic heterocycles. The Morgan fingerprint density at radius 1 is 0.878 bits per heavy atom. The summed E-state index contributed by atoms with van der Waals surface area (Å²) in [7, 11) is 3.37. The van der Waals surface area contributed by atoms with Crippen molar-refractivity contribution in [2.45, 2.75) is 89.9 Å². The third-order valence-electron chi connectivity index (χ3n) is 10.8. The zero-order valence-corrected chi connectivity index (χ0v) is 29.3. The zero-order valence-electron chi connectivity index (χ0n) is 29.3. The largest absolute Gasteiger partial charge is 0.495 e. The third kappa shape index (κ3) is 7.28. The Kier molecular flexibility index (Phi) is 10.5. The Morgan fingerprint density at radius 2 is 1.53 bits per heavy atom. The molecular formula is C40H49NO8. The van der Waals surface area contributed by atoms with E-state index < -0.39 is 23.9 Å². The second-order valence-corrected chi connectivity index (χ2v) is 14.0.